The van der Waals surface area contributed by atoms with Gasteiger partial charge < -0.3 is 24.8 Å². The van der Waals surface area contributed by atoms with E-state index in [9.17, 15) is 0 Å². The summed E-state index contributed by atoms with van der Waals surface area (Å²) in [7, 11) is -3.07. The molecule has 0 saturated carbocycles. The monoisotopic (exact) mass is 992 g/mol. The number of hydrogen-bond acceptors (Lipinski definition) is 0. The third kappa shape index (κ3) is 13.6. The Morgan fingerprint density at radius 2 is 1.02 bits per heavy atom. The van der Waals surface area contributed by atoms with Crippen LogP contribution in [0.15, 0.2) is 146 Å². The molecule has 0 saturated heterocycles. The van der Waals surface area contributed by atoms with E-state index in [1.165, 1.54) is 71.9 Å². The topological polar surface area (TPSA) is 0 Å². The first-order valence-electron chi connectivity index (χ1n) is 22.5. The quantitative estimate of drug-likeness (QED) is 0.106. The molecule has 0 amide bonds. The van der Waals surface area contributed by atoms with Gasteiger partial charge in [0, 0.05) is 0 Å². The summed E-state index contributed by atoms with van der Waals surface area (Å²) in [5, 5.41) is 3.07. The summed E-state index contributed by atoms with van der Waals surface area (Å²) >= 11 is 1.55. The Hall–Kier alpha value is -3.43. The molecule has 332 valence electrons. The van der Waals surface area contributed by atoms with Gasteiger partial charge in [-0.3, -0.25) is 6.08 Å². The molecule has 0 nitrogen and oxygen atoms in total. The Bertz CT molecular complexity index is 2380. The Labute approximate surface area is 417 Å². The van der Waals surface area contributed by atoms with E-state index >= 15 is 0 Å². The second-order valence-electron chi connectivity index (χ2n) is 21.2. The Morgan fingerprint density at radius 1 is 0.547 bits per heavy atom. The van der Waals surface area contributed by atoms with Crippen molar-refractivity contribution in [2.45, 2.75) is 117 Å². The molecule has 0 unspecified atom stereocenters. The van der Waals surface area contributed by atoms with E-state index in [2.05, 4.69) is 226 Å². The fourth-order valence-corrected chi connectivity index (χ4v) is 12.9. The number of halogens is 2. The van der Waals surface area contributed by atoms with Crippen LogP contribution in [0.25, 0.3) is 33.4 Å². The Morgan fingerprint density at radius 3 is 1.47 bits per heavy atom. The van der Waals surface area contributed by atoms with Crippen LogP contribution in [0.2, 0.25) is 39.3 Å². The van der Waals surface area contributed by atoms with E-state index in [1.54, 1.807) is 32.6 Å². The zero-order valence-corrected chi connectivity index (χ0v) is 46.4. The molecule has 0 heterocycles. The van der Waals surface area contributed by atoms with Crippen LogP contribution in [0.4, 0.5) is 0 Å². The molecule has 2 aliphatic rings. The van der Waals surface area contributed by atoms with Gasteiger partial charge in [0.15, 0.2) is 0 Å². The third-order valence-corrected chi connectivity index (χ3v) is 16.8. The van der Waals surface area contributed by atoms with E-state index < -0.39 is 16.1 Å². The first-order valence-corrected chi connectivity index (χ1v) is 30.8. The molecule has 64 heavy (non-hydrogen) atoms. The molecule has 6 aromatic carbocycles. The molecule has 0 atom stereocenters. The summed E-state index contributed by atoms with van der Waals surface area (Å²) in [4.78, 5) is 0. The average molecular weight is 995 g/mol. The van der Waals surface area contributed by atoms with E-state index in [4.69, 9.17) is 0 Å². The van der Waals surface area contributed by atoms with Crippen LogP contribution < -0.4 is 35.2 Å². The van der Waals surface area contributed by atoms with Gasteiger partial charge in [-0.15, -0.1) is 35.2 Å². The number of fused-ring (bicyclic) bond motifs is 3. The minimum atomic E-state index is -1.54. The maximum absolute atomic E-state index is 4.06. The summed E-state index contributed by atoms with van der Waals surface area (Å²) in [5.41, 5.74) is 16.9. The van der Waals surface area contributed by atoms with Gasteiger partial charge in [-0.1, -0.05) is 169 Å². The van der Waals surface area contributed by atoms with Crippen LogP contribution in [-0.4, -0.2) is 19.4 Å². The van der Waals surface area contributed by atoms with Gasteiger partial charge in [-0.05, 0) is 39.5 Å². The van der Waals surface area contributed by atoms with E-state index in [0.717, 1.165) is 25.7 Å². The second kappa shape index (κ2) is 22.4. The van der Waals surface area contributed by atoms with Gasteiger partial charge >= 0.3 is 112 Å². The van der Waals surface area contributed by atoms with E-state index in [1.807, 2.05) is 12.2 Å². The van der Waals surface area contributed by atoms with Crippen LogP contribution in [0.3, 0.4) is 0 Å². The first kappa shape index (κ1) is 53.2. The van der Waals surface area contributed by atoms with Crippen molar-refractivity contribution in [3.63, 3.8) is 0 Å². The summed E-state index contributed by atoms with van der Waals surface area (Å²) in [6, 6.07) is 51.4. The Balaban J connectivity index is 0.000000321. The SMILES string of the molecule is CC(C)(C)c1cc2c([c-]c1-c1ccccc1[Si](C)(C)C)Cc1cc(-c3ccccc3[Si](C)(C)C)c(C(C)(C)C)cc1-2.[C-]1=CC=CC1.[Cl-].[Cl-].[Zr+2]=[C](Cc1ccccc1)Cc1ccccc1. The van der Waals surface area contributed by atoms with E-state index in [0.29, 0.717) is 0 Å². The molecule has 0 fully saturated rings. The summed E-state index contributed by atoms with van der Waals surface area (Å²) in [6.45, 7) is 29.0. The number of benzene rings is 6. The molecule has 0 spiro atoms. The molecular weight excluding hydrogens is 927 g/mol. The first-order chi connectivity index (χ1) is 29.2. The molecule has 0 N–H and O–H groups in total. The van der Waals surface area contributed by atoms with Crippen molar-refractivity contribution in [1.29, 1.82) is 0 Å². The van der Waals surface area contributed by atoms with Crippen molar-refractivity contribution in [3.8, 4) is 33.4 Å². The minimum absolute atomic E-state index is 0. The number of rotatable bonds is 8. The fraction of sp³-hybridized carbons (Fsp3) is 0.305. The predicted molar refractivity (Wildman–Crippen MR) is 275 cm³/mol. The number of allylic oxidation sites excluding steroid dienone is 4. The predicted octanol–water partition coefficient (Wildman–Crippen LogP) is 8.58. The third-order valence-electron chi connectivity index (χ3n) is 11.8. The van der Waals surface area contributed by atoms with Gasteiger partial charge in [0.25, 0.3) is 0 Å². The van der Waals surface area contributed by atoms with Gasteiger partial charge in [0.05, 0.1) is 16.1 Å². The Kier molecular flexibility index (Phi) is 18.6. The van der Waals surface area contributed by atoms with E-state index in [-0.39, 0.29) is 35.6 Å². The normalized spacial score (nSPS) is 12.7. The summed E-state index contributed by atoms with van der Waals surface area (Å²) < 4.78 is 1.60. The molecular formula is C59H68Cl2Si2Zr-2. The fourth-order valence-electron chi connectivity index (χ4n) is 8.66. The molecule has 5 heteroatoms. The molecule has 0 bridgehead atoms. The number of hydrogen-bond donors (Lipinski definition) is 0. The van der Waals surface area contributed by atoms with Crippen LogP contribution in [0.1, 0.15) is 81.3 Å². The summed E-state index contributed by atoms with van der Waals surface area (Å²) in [5.74, 6) is 0. The zero-order chi connectivity index (χ0) is 44.9. The molecule has 0 radical (unpaired) electrons. The van der Waals surface area contributed by atoms with Crippen LogP contribution in [0.5, 0.6) is 0 Å². The molecule has 2 aliphatic carbocycles. The molecule has 8 rings (SSSR count). The molecule has 0 aromatic heterocycles. The van der Waals surface area contributed by atoms with Crippen molar-refractivity contribution >= 4 is 29.7 Å². The van der Waals surface area contributed by atoms with Crippen LogP contribution in [0, 0.1) is 12.1 Å². The van der Waals surface area contributed by atoms with Gasteiger partial charge in [0.1, 0.15) is 0 Å². The van der Waals surface area contributed by atoms with Gasteiger partial charge in [-0.25, -0.2) is 12.2 Å². The zero-order valence-electron chi connectivity index (χ0n) is 40.4. The van der Waals surface area contributed by atoms with Crippen LogP contribution >= 0.6 is 0 Å². The van der Waals surface area contributed by atoms with Crippen molar-refractivity contribution in [2.24, 2.45) is 0 Å². The molecule has 6 aromatic rings. The second-order valence-corrected chi connectivity index (χ2v) is 33.0. The van der Waals surface area contributed by atoms with Crippen molar-refractivity contribution in [3.05, 3.63) is 191 Å². The van der Waals surface area contributed by atoms with Crippen LogP contribution in [-0.2, 0) is 54.3 Å². The standard InChI is InChI=1S/C39H49Si2.C15H14.C5H5.2ClH.Zr/c1-38(2,3)34-24-30-26(22-32(34)28-17-13-15-19-36(28)40(7,8)9)21-27-23-33(35(25-31(27)30)39(4,5)6)29-18-14-16-20-37(29)41(10,11)12;1-3-8-14(9-4-1)12-7-13-15-10-5-2-6-11-15;1-2-4-5-3-1;;;/h13-20,22,24-25H,21H2,1-12H3;1-6,8-11H,12-13H2;1-3H,4H2;2*1H;/q-1;;-1;;;+2/p-2. The average Bonchev–Trinajstić information content (AvgIpc) is 3.92. The van der Waals surface area contributed by atoms with Gasteiger partial charge in [-0.2, -0.15) is 6.08 Å². The molecule has 0 aliphatic heterocycles. The summed E-state index contributed by atoms with van der Waals surface area (Å²) in [6.07, 6.45) is 13.2. The van der Waals surface area contributed by atoms with Crippen molar-refractivity contribution < 1.29 is 49.0 Å². The van der Waals surface area contributed by atoms with Crippen molar-refractivity contribution in [2.75, 3.05) is 0 Å². The van der Waals surface area contributed by atoms with Gasteiger partial charge in [0.2, 0.25) is 0 Å². The van der Waals surface area contributed by atoms with Crippen molar-refractivity contribution in [1.82, 2.24) is 0 Å². The maximum atomic E-state index is 4.06.